The summed E-state index contributed by atoms with van der Waals surface area (Å²) in [5, 5.41) is 3.55. The average Bonchev–Trinajstić information content (AvgIpc) is 2.93. The van der Waals surface area contributed by atoms with Gasteiger partial charge in [-0.15, -0.1) is 11.3 Å². The van der Waals surface area contributed by atoms with Crippen LogP contribution in [0.15, 0.2) is 6.33 Å². The van der Waals surface area contributed by atoms with Crippen molar-refractivity contribution in [1.29, 1.82) is 0 Å². The first-order chi connectivity index (χ1) is 12.0. The van der Waals surface area contributed by atoms with E-state index in [0.717, 1.165) is 29.1 Å². The molecular formula is C17H22N4O3S. The zero-order valence-electron chi connectivity index (χ0n) is 14.7. The van der Waals surface area contributed by atoms with Crippen LogP contribution in [0.1, 0.15) is 23.3 Å². The Morgan fingerprint density at radius 1 is 1.32 bits per heavy atom. The van der Waals surface area contributed by atoms with Crippen LogP contribution in [-0.4, -0.2) is 48.6 Å². The van der Waals surface area contributed by atoms with Crippen LogP contribution in [0.4, 0.5) is 5.82 Å². The lowest BCUT2D eigenvalue weighted by Crippen LogP contribution is -2.38. The number of aromatic nitrogens is 2. The van der Waals surface area contributed by atoms with Crippen LogP contribution < -0.4 is 10.2 Å². The van der Waals surface area contributed by atoms with Crippen molar-refractivity contribution in [3.05, 3.63) is 16.8 Å². The summed E-state index contributed by atoms with van der Waals surface area (Å²) in [7, 11) is 1.52. The molecule has 0 atom stereocenters. The predicted molar refractivity (Wildman–Crippen MR) is 96.9 cm³/mol. The fourth-order valence-electron chi connectivity index (χ4n) is 3.06. The molecule has 25 heavy (non-hydrogen) atoms. The molecule has 0 aromatic carbocycles. The molecule has 1 N–H and O–H groups in total. The molecular weight excluding hydrogens is 340 g/mol. The number of hydrogen-bond acceptors (Lipinski definition) is 7. The maximum atomic E-state index is 12.1. The van der Waals surface area contributed by atoms with E-state index in [0.29, 0.717) is 12.8 Å². The molecule has 1 aliphatic heterocycles. The normalized spacial score (nSPS) is 15.4. The van der Waals surface area contributed by atoms with Crippen molar-refractivity contribution in [3.63, 3.8) is 0 Å². The molecule has 0 radical (unpaired) electrons. The van der Waals surface area contributed by atoms with E-state index in [2.05, 4.69) is 34.0 Å². The van der Waals surface area contributed by atoms with Gasteiger partial charge in [0.2, 0.25) is 0 Å². The van der Waals surface area contributed by atoms with Gasteiger partial charge in [-0.2, -0.15) is 0 Å². The van der Waals surface area contributed by atoms with Gasteiger partial charge in [0, 0.05) is 25.0 Å². The maximum Gasteiger partial charge on any atom is 0.309 e. The van der Waals surface area contributed by atoms with Crippen LogP contribution in [0.3, 0.4) is 0 Å². The molecule has 1 amide bonds. The van der Waals surface area contributed by atoms with Gasteiger partial charge in [0.1, 0.15) is 17.0 Å². The summed E-state index contributed by atoms with van der Waals surface area (Å²) in [6, 6.07) is 0. The minimum Gasteiger partial charge on any atom is -0.455 e. The molecule has 134 valence electrons. The van der Waals surface area contributed by atoms with Gasteiger partial charge in [-0.25, -0.2) is 9.97 Å². The molecule has 1 saturated heterocycles. The van der Waals surface area contributed by atoms with Gasteiger partial charge in [-0.05, 0) is 32.3 Å². The lowest BCUT2D eigenvalue weighted by molar-refractivity contribution is -0.153. The van der Waals surface area contributed by atoms with Crippen LogP contribution in [0.2, 0.25) is 0 Å². The monoisotopic (exact) mass is 362 g/mol. The number of ether oxygens (including phenoxy) is 1. The average molecular weight is 362 g/mol. The number of nitrogens with zero attached hydrogens (tertiary/aromatic N) is 3. The fraction of sp³-hybridized carbons (Fsp3) is 0.529. The summed E-state index contributed by atoms with van der Waals surface area (Å²) >= 11 is 1.68. The molecule has 0 bridgehead atoms. The highest BCUT2D eigenvalue weighted by molar-refractivity contribution is 7.18. The van der Waals surface area contributed by atoms with Crippen molar-refractivity contribution >= 4 is 39.2 Å². The number of carbonyl (C=O) groups is 2. The molecule has 1 fully saturated rings. The first-order valence-electron chi connectivity index (χ1n) is 8.34. The Morgan fingerprint density at radius 3 is 2.72 bits per heavy atom. The second-order valence-corrected chi connectivity index (χ2v) is 7.41. The van der Waals surface area contributed by atoms with Crippen LogP contribution in [0.5, 0.6) is 0 Å². The smallest absolute Gasteiger partial charge is 0.309 e. The Kier molecular flexibility index (Phi) is 5.17. The second kappa shape index (κ2) is 7.35. The van der Waals surface area contributed by atoms with Crippen molar-refractivity contribution in [3.8, 4) is 0 Å². The molecule has 3 rings (SSSR count). The third kappa shape index (κ3) is 3.58. The van der Waals surface area contributed by atoms with Crippen molar-refractivity contribution in [2.75, 3.05) is 31.6 Å². The predicted octanol–water partition coefficient (Wildman–Crippen LogP) is 1.81. The third-order valence-corrected chi connectivity index (χ3v) is 5.81. The van der Waals surface area contributed by atoms with E-state index < -0.39 is 0 Å². The number of anilines is 1. The van der Waals surface area contributed by atoms with Gasteiger partial charge >= 0.3 is 5.97 Å². The zero-order valence-corrected chi connectivity index (χ0v) is 15.5. The minimum atomic E-state index is -0.294. The number of rotatable bonds is 4. The topological polar surface area (TPSA) is 84.4 Å². The SMILES string of the molecule is CNC(=O)COC(=O)C1CCN(c2ncnc3sc(C)c(C)c23)CC1. The van der Waals surface area contributed by atoms with Crippen LogP contribution in [0, 0.1) is 19.8 Å². The molecule has 2 aromatic heterocycles. The number of carbonyl (C=O) groups excluding carboxylic acids is 2. The second-order valence-electron chi connectivity index (χ2n) is 6.20. The molecule has 0 saturated carbocycles. The Bertz CT molecular complexity index is 797. The number of aryl methyl sites for hydroxylation is 2. The number of hydrogen-bond donors (Lipinski definition) is 1. The van der Waals surface area contributed by atoms with Gasteiger partial charge in [0.15, 0.2) is 6.61 Å². The van der Waals surface area contributed by atoms with Crippen molar-refractivity contribution in [2.24, 2.45) is 5.92 Å². The van der Waals surface area contributed by atoms with E-state index in [1.165, 1.54) is 17.5 Å². The van der Waals surface area contributed by atoms with Gasteiger partial charge in [-0.3, -0.25) is 9.59 Å². The number of thiophene rings is 1. The summed E-state index contributed by atoms with van der Waals surface area (Å²) in [6.07, 6.45) is 3.00. The number of likely N-dealkylation sites (N-methyl/N-ethyl adjacent to an activating group) is 1. The minimum absolute atomic E-state index is 0.163. The molecule has 3 heterocycles. The number of nitrogens with one attached hydrogen (secondary N) is 1. The number of piperidine rings is 1. The van der Waals surface area contributed by atoms with Crippen LogP contribution in [-0.2, 0) is 14.3 Å². The summed E-state index contributed by atoms with van der Waals surface area (Å²) < 4.78 is 5.07. The van der Waals surface area contributed by atoms with E-state index in [9.17, 15) is 9.59 Å². The van der Waals surface area contributed by atoms with E-state index in [1.807, 2.05) is 0 Å². The summed E-state index contributed by atoms with van der Waals surface area (Å²) in [5.74, 6) is 0.198. The summed E-state index contributed by atoms with van der Waals surface area (Å²) in [6.45, 7) is 5.46. The highest BCUT2D eigenvalue weighted by Gasteiger charge is 2.28. The number of fused-ring (bicyclic) bond motifs is 1. The van der Waals surface area contributed by atoms with E-state index >= 15 is 0 Å². The first kappa shape index (κ1) is 17.6. The highest BCUT2D eigenvalue weighted by atomic mass is 32.1. The maximum absolute atomic E-state index is 12.1. The molecule has 8 heteroatoms. The molecule has 7 nitrogen and oxygen atoms in total. The van der Waals surface area contributed by atoms with Crippen molar-refractivity contribution in [2.45, 2.75) is 26.7 Å². The highest BCUT2D eigenvalue weighted by Crippen LogP contribution is 2.35. The first-order valence-corrected chi connectivity index (χ1v) is 9.15. The van der Waals surface area contributed by atoms with Gasteiger partial charge in [0.05, 0.1) is 11.3 Å². The van der Waals surface area contributed by atoms with Gasteiger partial charge in [-0.1, -0.05) is 0 Å². The van der Waals surface area contributed by atoms with E-state index in [4.69, 9.17) is 4.74 Å². The molecule has 0 unspecified atom stereocenters. The van der Waals surface area contributed by atoms with Crippen molar-refractivity contribution in [1.82, 2.24) is 15.3 Å². The van der Waals surface area contributed by atoms with Crippen LogP contribution in [0.25, 0.3) is 10.2 Å². The molecule has 0 aliphatic carbocycles. The standard InChI is InChI=1S/C17H22N4O3S/c1-10-11(2)25-16-14(10)15(19-9-20-16)21-6-4-12(5-7-21)17(23)24-8-13(22)18-3/h9,12H,4-8H2,1-3H3,(H,18,22). The summed E-state index contributed by atoms with van der Waals surface area (Å²) in [4.78, 5) is 36.6. The lowest BCUT2D eigenvalue weighted by atomic mass is 9.97. The fourth-order valence-corrected chi connectivity index (χ4v) is 4.05. The quantitative estimate of drug-likeness (QED) is 0.835. The molecule has 2 aromatic rings. The van der Waals surface area contributed by atoms with Crippen molar-refractivity contribution < 1.29 is 14.3 Å². The number of esters is 1. The van der Waals surface area contributed by atoms with Crippen LogP contribution >= 0.6 is 11.3 Å². The van der Waals surface area contributed by atoms with E-state index in [-0.39, 0.29) is 24.4 Å². The number of amides is 1. The lowest BCUT2D eigenvalue weighted by Gasteiger charge is -2.32. The largest absolute Gasteiger partial charge is 0.455 e. The molecule has 1 aliphatic rings. The zero-order chi connectivity index (χ0) is 18.0. The van der Waals surface area contributed by atoms with Gasteiger partial charge < -0.3 is 15.0 Å². The van der Waals surface area contributed by atoms with Gasteiger partial charge in [0.25, 0.3) is 5.91 Å². The third-order valence-electron chi connectivity index (χ3n) is 4.70. The Balaban J connectivity index is 1.67. The summed E-state index contributed by atoms with van der Waals surface area (Å²) in [5.41, 5.74) is 1.22. The Labute approximate surface area is 150 Å². The van der Waals surface area contributed by atoms with E-state index in [1.54, 1.807) is 17.7 Å². The Hall–Kier alpha value is -2.22. The molecule has 0 spiro atoms. The Morgan fingerprint density at radius 2 is 2.04 bits per heavy atom.